The van der Waals surface area contributed by atoms with E-state index in [4.69, 9.17) is 5.73 Å². The zero-order chi connectivity index (χ0) is 19.3. The number of sulfone groups is 1. The minimum atomic E-state index is -3.40. The Morgan fingerprint density at radius 2 is 2.04 bits per heavy atom. The van der Waals surface area contributed by atoms with Gasteiger partial charge >= 0.3 is 0 Å². The molecule has 0 aliphatic carbocycles. The summed E-state index contributed by atoms with van der Waals surface area (Å²) in [5, 5.41) is 2.83. The number of amides is 2. The van der Waals surface area contributed by atoms with Crippen LogP contribution in [0.15, 0.2) is 23.1 Å². The van der Waals surface area contributed by atoms with Gasteiger partial charge in [0.1, 0.15) is 0 Å². The lowest BCUT2D eigenvalue weighted by atomic mass is 10.00. The predicted octanol–water partition coefficient (Wildman–Crippen LogP) is 0.858. The first-order valence-electron chi connectivity index (χ1n) is 8.82. The summed E-state index contributed by atoms with van der Waals surface area (Å²) < 4.78 is 23.9. The molecule has 1 saturated heterocycles. The number of benzene rings is 1. The Bertz CT molecular complexity index is 777. The van der Waals surface area contributed by atoms with Crippen molar-refractivity contribution in [1.29, 1.82) is 0 Å². The highest BCUT2D eigenvalue weighted by atomic mass is 32.2. The molecule has 1 aliphatic heterocycles. The van der Waals surface area contributed by atoms with Crippen LogP contribution in [0.1, 0.15) is 41.6 Å². The van der Waals surface area contributed by atoms with Crippen molar-refractivity contribution in [3.63, 3.8) is 0 Å². The number of aryl methyl sites for hydroxylation is 1. The molecule has 2 rings (SSSR count). The molecule has 26 heavy (non-hydrogen) atoms. The normalized spacial score (nSPS) is 17.8. The van der Waals surface area contributed by atoms with Crippen molar-refractivity contribution in [2.24, 2.45) is 5.73 Å². The number of nitrogens with one attached hydrogen (secondary N) is 1. The maximum absolute atomic E-state index is 13.0. The first kappa shape index (κ1) is 20.4. The van der Waals surface area contributed by atoms with Crippen molar-refractivity contribution >= 4 is 21.7 Å². The number of nitrogens with zero attached hydrogens (tertiary/aromatic N) is 1. The first-order valence-corrected chi connectivity index (χ1v) is 10.7. The molecule has 3 N–H and O–H groups in total. The molecule has 8 heteroatoms. The maximum Gasteiger partial charge on any atom is 0.254 e. The summed E-state index contributed by atoms with van der Waals surface area (Å²) in [5.41, 5.74) is 6.35. The van der Waals surface area contributed by atoms with E-state index in [0.29, 0.717) is 24.2 Å². The highest BCUT2D eigenvalue weighted by molar-refractivity contribution is 7.90. The van der Waals surface area contributed by atoms with Gasteiger partial charge in [0.2, 0.25) is 5.91 Å². The van der Waals surface area contributed by atoms with Crippen LogP contribution >= 0.6 is 0 Å². The van der Waals surface area contributed by atoms with E-state index < -0.39 is 9.84 Å². The van der Waals surface area contributed by atoms with Gasteiger partial charge in [-0.15, -0.1) is 0 Å². The van der Waals surface area contributed by atoms with E-state index in [1.807, 2.05) is 0 Å². The highest BCUT2D eigenvalue weighted by Gasteiger charge is 2.28. The SMILES string of the molecule is Cc1ccc(C(=O)N2CCCCC2CNC(=O)CCN)cc1S(C)(=O)=O. The number of rotatable bonds is 6. The fourth-order valence-corrected chi connectivity index (χ4v) is 4.22. The molecular weight excluding hydrogens is 354 g/mol. The molecule has 1 atom stereocenters. The minimum absolute atomic E-state index is 0.0963. The lowest BCUT2D eigenvalue weighted by Crippen LogP contribution is -2.49. The van der Waals surface area contributed by atoms with Gasteiger partial charge in [-0.3, -0.25) is 9.59 Å². The van der Waals surface area contributed by atoms with Crippen LogP contribution in [-0.4, -0.2) is 57.1 Å². The molecule has 0 bridgehead atoms. The second-order valence-electron chi connectivity index (χ2n) is 6.74. The van der Waals surface area contributed by atoms with Gasteiger partial charge in [0.05, 0.1) is 4.90 Å². The Labute approximate surface area is 154 Å². The van der Waals surface area contributed by atoms with Crippen LogP contribution in [0.5, 0.6) is 0 Å². The molecule has 1 aromatic carbocycles. The molecule has 1 unspecified atom stereocenters. The second kappa shape index (κ2) is 8.64. The van der Waals surface area contributed by atoms with Crippen LogP contribution in [-0.2, 0) is 14.6 Å². The Morgan fingerprint density at radius 1 is 1.31 bits per heavy atom. The first-order chi connectivity index (χ1) is 12.2. The fourth-order valence-electron chi connectivity index (χ4n) is 3.23. The molecule has 0 spiro atoms. The lowest BCUT2D eigenvalue weighted by Gasteiger charge is -2.36. The van der Waals surface area contributed by atoms with Crippen LogP contribution in [0.3, 0.4) is 0 Å². The fraction of sp³-hybridized carbons (Fsp3) is 0.556. The van der Waals surface area contributed by atoms with Gasteiger partial charge in [-0.05, 0) is 43.9 Å². The largest absolute Gasteiger partial charge is 0.354 e. The summed E-state index contributed by atoms with van der Waals surface area (Å²) in [7, 11) is -3.40. The summed E-state index contributed by atoms with van der Waals surface area (Å²) in [6, 6.07) is 4.67. The smallest absolute Gasteiger partial charge is 0.254 e. The highest BCUT2D eigenvalue weighted by Crippen LogP contribution is 2.22. The number of likely N-dealkylation sites (tertiary alicyclic amines) is 1. The number of piperidine rings is 1. The second-order valence-corrected chi connectivity index (χ2v) is 8.73. The molecule has 0 aromatic heterocycles. The van der Waals surface area contributed by atoms with Gasteiger partial charge in [0, 0.05) is 43.9 Å². The standard InChI is InChI=1S/C18H27N3O4S/c1-13-6-7-14(11-16(13)26(2,24)25)18(23)21-10-4-3-5-15(21)12-20-17(22)8-9-19/h6-7,11,15H,3-5,8-10,12,19H2,1-2H3,(H,20,22). The van der Waals surface area contributed by atoms with Crippen molar-refractivity contribution in [3.8, 4) is 0 Å². The van der Waals surface area contributed by atoms with E-state index in [1.54, 1.807) is 24.0 Å². The van der Waals surface area contributed by atoms with E-state index >= 15 is 0 Å². The van der Waals surface area contributed by atoms with E-state index in [9.17, 15) is 18.0 Å². The third-order valence-corrected chi connectivity index (χ3v) is 5.87. The summed E-state index contributed by atoms with van der Waals surface area (Å²) in [5.74, 6) is -0.326. The van der Waals surface area contributed by atoms with E-state index in [1.165, 1.54) is 6.07 Å². The van der Waals surface area contributed by atoms with Crippen molar-refractivity contribution < 1.29 is 18.0 Å². The van der Waals surface area contributed by atoms with E-state index in [2.05, 4.69) is 5.32 Å². The average Bonchev–Trinajstić information content (AvgIpc) is 2.59. The molecule has 7 nitrogen and oxygen atoms in total. The quantitative estimate of drug-likeness (QED) is 0.759. The number of nitrogens with two attached hydrogens (primary N) is 1. The number of hydrogen-bond donors (Lipinski definition) is 2. The predicted molar refractivity (Wildman–Crippen MR) is 99.6 cm³/mol. The van der Waals surface area contributed by atoms with Crippen molar-refractivity contribution in [3.05, 3.63) is 29.3 Å². The van der Waals surface area contributed by atoms with Crippen molar-refractivity contribution in [2.45, 2.75) is 43.5 Å². The summed E-state index contributed by atoms with van der Waals surface area (Å²) in [4.78, 5) is 26.5. The Hall–Kier alpha value is -1.93. The van der Waals surface area contributed by atoms with Crippen LogP contribution in [0.2, 0.25) is 0 Å². The Morgan fingerprint density at radius 3 is 2.69 bits per heavy atom. The van der Waals surface area contributed by atoms with Gasteiger partial charge in [-0.2, -0.15) is 0 Å². The molecule has 1 aromatic rings. The van der Waals surface area contributed by atoms with Gasteiger partial charge in [-0.25, -0.2) is 8.42 Å². The topological polar surface area (TPSA) is 110 Å². The van der Waals surface area contributed by atoms with Gasteiger partial charge in [0.15, 0.2) is 9.84 Å². The van der Waals surface area contributed by atoms with Crippen LogP contribution in [0.4, 0.5) is 0 Å². The Balaban J connectivity index is 2.19. The third kappa shape index (κ3) is 5.04. The van der Waals surface area contributed by atoms with Gasteiger partial charge < -0.3 is 16.0 Å². The summed E-state index contributed by atoms with van der Waals surface area (Å²) >= 11 is 0. The third-order valence-electron chi connectivity index (χ3n) is 4.63. The van der Waals surface area contributed by atoms with Crippen LogP contribution < -0.4 is 11.1 Å². The van der Waals surface area contributed by atoms with Crippen LogP contribution in [0, 0.1) is 6.92 Å². The molecule has 0 radical (unpaired) electrons. The maximum atomic E-state index is 13.0. The van der Waals surface area contributed by atoms with Crippen molar-refractivity contribution in [2.75, 3.05) is 25.9 Å². The molecule has 1 heterocycles. The number of hydrogen-bond acceptors (Lipinski definition) is 5. The lowest BCUT2D eigenvalue weighted by molar-refractivity contribution is -0.121. The summed E-state index contributed by atoms with van der Waals surface area (Å²) in [6.45, 7) is 2.98. The van der Waals surface area contributed by atoms with Gasteiger partial charge in [0.25, 0.3) is 5.91 Å². The van der Waals surface area contributed by atoms with Crippen molar-refractivity contribution in [1.82, 2.24) is 10.2 Å². The van der Waals surface area contributed by atoms with E-state index in [-0.39, 0.29) is 35.7 Å². The average molecular weight is 381 g/mol. The van der Waals surface area contributed by atoms with Gasteiger partial charge in [-0.1, -0.05) is 6.07 Å². The molecule has 0 saturated carbocycles. The number of carbonyl (C=O) groups is 2. The molecule has 2 amide bonds. The van der Waals surface area contributed by atoms with Crippen LogP contribution in [0.25, 0.3) is 0 Å². The van der Waals surface area contributed by atoms with E-state index in [0.717, 1.165) is 25.5 Å². The Kier molecular flexibility index (Phi) is 6.77. The monoisotopic (exact) mass is 381 g/mol. The molecular formula is C18H27N3O4S. The molecule has 144 valence electrons. The molecule has 1 fully saturated rings. The molecule has 1 aliphatic rings. The zero-order valence-corrected chi connectivity index (χ0v) is 16.1. The number of carbonyl (C=O) groups excluding carboxylic acids is 2. The zero-order valence-electron chi connectivity index (χ0n) is 15.3. The summed E-state index contributed by atoms with van der Waals surface area (Å²) in [6.07, 6.45) is 4.09. The minimum Gasteiger partial charge on any atom is -0.354 e.